The lowest BCUT2D eigenvalue weighted by Crippen LogP contribution is -2.65. The molecule has 0 spiro atoms. The van der Waals surface area contributed by atoms with E-state index in [0.717, 1.165) is 51.4 Å². The Labute approximate surface area is 302 Å². The summed E-state index contributed by atoms with van der Waals surface area (Å²) in [5.74, 6) is -3.73. The second-order valence-electron chi connectivity index (χ2n) is 14.8. The molecule has 13 nitrogen and oxygen atoms in total. The summed E-state index contributed by atoms with van der Waals surface area (Å²) >= 11 is 0. The number of ether oxygens (including phenoxy) is 5. The lowest BCUT2D eigenvalue weighted by Gasteiger charge is -2.43. The maximum Gasteiger partial charge on any atom is 0.334 e. The number of carbonyl (C=O) groups is 4. The molecule has 0 unspecified atom stereocenters. The number of fused-ring (bicyclic) bond motifs is 3. The Morgan fingerprint density at radius 3 is 2.04 bits per heavy atom. The molecule has 290 valence electrons. The molecule has 0 amide bonds. The third kappa shape index (κ3) is 9.40. The van der Waals surface area contributed by atoms with Crippen LogP contribution in [0, 0.1) is 5.92 Å². The van der Waals surface area contributed by atoms with Gasteiger partial charge in [-0.3, -0.25) is 14.4 Å². The molecule has 1 aliphatic heterocycles. The van der Waals surface area contributed by atoms with E-state index in [1.165, 1.54) is 13.8 Å². The number of esters is 4. The SMILES string of the molecule is C/C=C(/C)C(=O)O[C@H]1C(C)=C2[C@H]([C@@H]1OC(=O)CCCCCCC)[C@@](C)(OC(C)=O)C[C@H](OC(=O)CCCCCCCN)[C@@]1(O)[C@H]2O[C@H](O)[C@@]1(C)O. The van der Waals surface area contributed by atoms with E-state index >= 15 is 0 Å². The minimum atomic E-state index is -2.48. The van der Waals surface area contributed by atoms with Crippen LogP contribution < -0.4 is 5.73 Å². The van der Waals surface area contributed by atoms with Crippen molar-refractivity contribution in [1.82, 2.24) is 0 Å². The van der Waals surface area contributed by atoms with Crippen LogP contribution >= 0.6 is 0 Å². The topological polar surface area (TPSA) is 201 Å². The zero-order valence-electron chi connectivity index (χ0n) is 31.5. The Bertz CT molecular complexity index is 1310. The lowest BCUT2D eigenvalue weighted by atomic mass is 9.75. The quantitative estimate of drug-likeness (QED) is 0.0516. The molecule has 0 aromatic carbocycles. The Balaban J connectivity index is 2.12. The van der Waals surface area contributed by atoms with E-state index < -0.39 is 77.3 Å². The summed E-state index contributed by atoms with van der Waals surface area (Å²) in [4.78, 5) is 52.8. The van der Waals surface area contributed by atoms with Gasteiger partial charge in [0.25, 0.3) is 0 Å². The molecule has 0 radical (unpaired) electrons. The molecule has 0 aromatic heterocycles. The highest BCUT2D eigenvalue weighted by Crippen LogP contribution is 2.58. The van der Waals surface area contributed by atoms with Crippen molar-refractivity contribution in [1.29, 1.82) is 0 Å². The second kappa shape index (κ2) is 18.3. The number of nitrogens with two attached hydrogens (primary N) is 1. The third-order valence-electron chi connectivity index (χ3n) is 10.8. The van der Waals surface area contributed by atoms with Gasteiger partial charge in [0.1, 0.15) is 23.4 Å². The van der Waals surface area contributed by atoms with Gasteiger partial charge in [0.2, 0.25) is 0 Å². The van der Waals surface area contributed by atoms with E-state index in [4.69, 9.17) is 29.4 Å². The first kappa shape index (κ1) is 42.6. The molecule has 3 aliphatic rings. The van der Waals surface area contributed by atoms with E-state index in [0.29, 0.717) is 30.5 Å². The minimum Gasteiger partial charge on any atom is -0.459 e. The van der Waals surface area contributed by atoms with E-state index in [-0.39, 0.29) is 24.8 Å². The first-order chi connectivity index (χ1) is 24.0. The average Bonchev–Trinajstić information content (AvgIpc) is 3.39. The molecule has 13 heteroatoms. The number of unbranched alkanes of at least 4 members (excludes halogenated alkanes) is 8. The summed E-state index contributed by atoms with van der Waals surface area (Å²) in [5, 5.41) is 35.4. The molecule has 3 rings (SSSR count). The molecule has 51 heavy (non-hydrogen) atoms. The van der Waals surface area contributed by atoms with Crippen LogP contribution in [0.5, 0.6) is 0 Å². The van der Waals surface area contributed by atoms with Gasteiger partial charge in [-0.1, -0.05) is 57.9 Å². The Hall–Kier alpha value is -2.84. The summed E-state index contributed by atoms with van der Waals surface area (Å²) < 4.78 is 30.0. The van der Waals surface area contributed by atoms with Gasteiger partial charge in [-0.25, -0.2) is 4.79 Å². The van der Waals surface area contributed by atoms with Crippen LogP contribution in [-0.4, -0.2) is 93.3 Å². The van der Waals surface area contributed by atoms with Crippen LogP contribution in [0.2, 0.25) is 0 Å². The lowest BCUT2D eigenvalue weighted by molar-refractivity contribution is -0.228. The normalized spacial score (nSPS) is 33.3. The van der Waals surface area contributed by atoms with Gasteiger partial charge in [0.05, 0.1) is 5.92 Å². The number of allylic oxidation sites excluding steroid dienone is 1. The van der Waals surface area contributed by atoms with Crippen molar-refractivity contribution in [3.8, 4) is 0 Å². The van der Waals surface area contributed by atoms with Crippen molar-refractivity contribution < 1.29 is 58.2 Å². The molecule has 5 N–H and O–H groups in total. The van der Waals surface area contributed by atoms with E-state index in [1.54, 1.807) is 33.8 Å². The summed E-state index contributed by atoms with van der Waals surface area (Å²) in [7, 11) is 0. The van der Waals surface area contributed by atoms with Gasteiger partial charge in [-0.15, -0.1) is 0 Å². The van der Waals surface area contributed by atoms with Crippen molar-refractivity contribution in [2.24, 2.45) is 11.7 Å². The van der Waals surface area contributed by atoms with Gasteiger partial charge in [-0.05, 0) is 71.6 Å². The summed E-state index contributed by atoms with van der Waals surface area (Å²) in [6, 6.07) is 0. The number of aliphatic hydroxyl groups excluding tert-OH is 1. The number of hydrogen-bond acceptors (Lipinski definition) is 13. The van der Waals surface area contributed by atoms with Gasteiger partial charge < -0.3 is 44.7 Å². The van der Waals surface area contributed by atoms with E-state index in [1.807, 2.05) is 0 Å². The Kier molecular flexibility index (Phi) is 15.3. The van der Waals surface area contributed by atoms with Gasteiger partial charge in [0.15, 0.2) is 24.1 Å². The summed E-state index contributed by atoms with van der Waals surface area (Å²) in [5.41, 5.74) is -0.164. The number of rotatable bonds is 18. The highest BCUT2D eigenvalue weighted by Gasteiger charge is 2.75. The fourth-order valence-electron chi connectivity index (χ4n) is 7.76. The van der Waals surface area contributed by atoms with Gasteiger partial charge in [-0.2, -0.15) is 0 Å². The monoisotopic (exact) mass is 723 g/mol. The Morgan fingerprint density at radius 1 is 0.902 bits per heavy atom. The van der Waals surface area contributed by atoms with Crippen LogP contribution in [0.3, 0.4) is 0 Å². The first-order valence-corrected chi connectivity index (χ1v) is 18.6. The van der Waals surface area contributed by atoms with E-state index in [9.17, 15) is 34.5 Å². The zero-order chi connectivity index (χ0) is 38.1. The Morgan fingerprint density at radius 2 is 1.47 bits per heavy atom. The van der Waals surface area contributed by atoms with Crippen molar-refractivity contribution in [3.63, 3.8) is 0 Å². The van der Waals surface area contributed by atoms with Crippen molar-refractivity contribution in [2.75, 3.05) is 6.54 Å². The molecule has 1 saturated carbocycles. The molecule has 0 aromatic rings. The summed E-state index contributed by atoms with van der Waals surface area (Å²) in [6.07, 6.45) is 2.16. The minimum absolute atomic E-state index is 0.0156. The predicted molar refractivity (Wildman–Crippen MR) is 187 cm³/mol. The molecule has 2 fully saturated rings. The largest absolute Gasteiger partial charge is 0.459 e. The van der Waals surface area contributed by atoms with Crippen LogP contribution in [0.4, 0.5) is 0 Å². The first-order valence-electron chi connectivity index (χ1n) is 18.6. The van der Waals surface area contributed by atoms with E-state index in [2.05, 4.69) is 6.92 Å². The van der Waals surface area contributed by atoms with Gasteiger partial charge in [0, 0.05) is 31.8 Å². The molecule has 1 saturated heterocycles. The average molecular weight is 724 g/mol. The molecular weight excluding hydrogens is 662 g/mol. The summed E-state index contributed by atoms with van der Waals surface area (Å²) in [6.45, 7) is 11.5. The van der Waals surface area contributed by atoms with Crippen LogP contribution in [0.1, 0.15) is 132 Å². The molecule has 0 bridgehead atoms. The maximum atomic E-state index is 13.5. The molecular formula is C38H61NO12. The molecule has 2 aliphatic carbocycles. The second-order valence-corrected chi connectivity index (χ2v) is 14.8. The zero-order valence-corrected chi connectivity index (χ0v) is 31.5. The maximum absolute atomic E-state index is 13.5. The number of hydrogen-bond donors (Lipinski definition) is 4. The van der Waals surface area contributed by atoms with Crippen LogP contribution in [0.15, 0.2) is 22.8 Å². The van der Waals surface area contributed by atoms with Crippen molar-refractivity contribution >= 4 is 23.9 Å². The molecule has 9 atom stereocenters. The standard InChI is InChI=1S/C38H61NO12/c1-8-10-11-13-16-20-28(42)48-32-30-29(24(4)31(32)49-34(43)23(3)9-2)33-38(46,37(7,45)35(44)50-33)26(22-36(30,6)51-25(5)40)47-27(41)19-17-14-12-15-18-21-39/h9,26,30-33,35,44-46H,8,10-22,39H2,1-7H3/b23-9-/t26-,30+,31-,32-,33-,35-,36-,37+,38+/m0/s1. The van der Waals surface area contributed by atoms with Crippen LogP contribution in [0.25, 0.3) is 0 Å². The number of aliphatic hydroxyl groups is 3. The van der Waals surface area contributed by atoms with Gasteiger partial charge >= 0.3 is 23.9 Å². The third-order valence-corrected chi connectivity index (χ3v) is 10.8. The van der Waals surface area contributed by atoms with Crippen LogP contribution in [-0.2, 0) is 42.9 Å². The van der Waals surface area contributed by atoms with Crippen molar-refractivity contribution in [3.05, 3.63) is 22.8 Å². The fraction of sp³-hybridized carbons (Fsp3) is 0.789. The predicted octanol–water partition coefficient (Wildman–Crippen LogP) is 4.22. The fourth-order valence-corrected chi connectivity index (χ4v) is 7.76. The highest BCUT2D eigenvalue weighted by atomic mass is 16.7. The number of carbonyl (C=O) groups excluding carboxylic acids is 4. The smallest absolute Gasteiger partial charge is 0.334 e. The molecule has 1 heterocycles. The van der Waals surface area contributed by atoms with Crippen molar-refractivity contribution in [2.45, 2.75) is 179 Å². The highest BCUT2D eigenvalue weighted by molar-refractivity contribution is 5.88.